The molecule has 1 atom stereocenters. The molecule has 2 aliphatic heterocycles. The van der Waals surface area contributed by atoms with Gasteiger partial charge in [-0.2, -0.15) is 0 Å². The molecule has 0 bridgehead atoms. The highest BCUT2D eigenvalue weighted by atomic mass is 19.1. The Morgan fingerprint density at radius 2 is 1.89 bits per heavy atom. The van der Waals surface area contributed by atoms with Crippen LogP contribution in [0.3, 0.4) is 0 Å². The van der Waals surface area contributed by atoms with Crippen LogP contribution in [0.1, 0.15) is 47.7 Å². The second kappa shape index (κ2) is 8.48. The fourth-order valence-electron chi connectivity index (χ4n) is 5.08. The minimum Gasteiger partial charge on any atom is -0.342 e. The third kappa shape index (κ3) is 4.16. The molecule has 6 nitrogen and oxygen atoms in total. The predicted octanol–water partition coefficient (Wildman–Crippen LogP) is 5.02. The molecule has 3 aromatic rings. The number of rotatable bonds is 5. The van der Waals surface area contributed by atoms with Crippen molar-refractivity contribution in [2.24, 2.45) is 10.9 Å². The van der Waals surface area contributed by atoms with Gasteiger partial charge in [-0.3, -0.25) is 9.69 Å². The summed E-state index contributed by atoms with van der Waals surface area (Å²) in [5, 5.41) is 0. The minimum absolute atomic E-state index is 0.0956. The lowest BCUT2D eigenvalue weighted by Gasteiger charge is -2.40. The summed E-state index contributed by atoms with van der Waals surface area (Å²) in [6.07, 6.45) is 8.96. The summed E-state index contributed by atoms with van der Waals surface area (Å²) in [5.74, 6) is 1.05. The molecule has 1 aliphatic carbocycles. The van der Waals surface area contributed by atoms with Crippen molar-refractivity contribution < 1.29 is 9.18 Å². The Morgan fingerprint density at radius 1 is 1.09 bits per heavy atom. The Bertz CT molecular complexity index is 1350. The normalized spacial score (nSPS) is 21.0. The number of amides is 1. The number of fused-ring (bicyclic) bond motifs is 1. The van der Waals surface area contributed by atoms with E-state index in [2.05, 4.69) is 22.9 Å². The Balaban J connectivity index is 1.33. The summed E-state index contributed by atoms with van der Waals surface area (Å²) in [5.41, 5.74) is 5.43. The predicted molar refractivity (Wildman–Crippen MR) is 133 cm³/mol. The Morgan fingerprint density at radius 3 is 2.57 bits per heavy atom. The van der Waals surface area contributed by atoms with Gasteiger partial charge in [-0.15, -0.1) is 0 Å². The number of hydrogen-bond acceptors (Lipinski definition) is 4. The molecule has 3 aliphatic rings. The van der Waals surface area contributed by atoms with Crippen LogP contribution in [0.15, 0.2) is 65.7 Å². The number of aliphatic imine (C=N–C) groups is 1. The van der Waals surface area contributed by atoms with Gasteiger partial charge in [0.2, 0.25) is 5.96 Å². The molecular weight excluding hydrogens is 441 g/mol. The molecule has 1 amide bonds. The zero-order valence-corrected chi connectivity index (χ0v) is 20.0. The van der Waals surface area contributed by atoms with Crippen molar-refractivity contribution in [3.63, 3.8) is 0 Å². The molecule has 1 saturated carbocycles. The van der Waals surface area contributed by atoms with Gasteiger partial charge in [0.05, 0.1) is 18.1 Å². The first-order chi connectivity index (χ1) is 17.0. The summed E-state index contributed by atoms with van der Waals surface area (Å²) in [7, 11) is 0. The molecule has 1 aromatic heterocycles. The number of carbonyl (C=O) groups excluding carboxylic acids is 1. The van der Waals surface area contributed by atoms with Crippen molar-refractivity contribution in [1.82, 2.24) is 19.4 Å². The second-order valence-electron chi connectivity index (χ2n) is 9.83. The number of imidazole rings is 1. The molecule has 3 heterocycles. The molecule has 0 spiro atoms. The molecule has 0 unspecified atom stereocenters. The fraction of sp³-hybridized carbons (Fsp3) is 0.321. The Kier molecular flexibility index (Phi) is 5.28. The van der Waals surface area contributed by atoms with E-state index in [1.54, 1.807) is 12.1 Å². The lowest BCUT2D eigenvalue weighted by Crippen LogP contribution is -2.51. The smallest absolute Gasteiger partial charge is 0.279 e. The maximum Gasteiger partial charge on any atom is 0.279 e. The van der Waals surface area contributed by atoms with Gasteiger partial charge in [-0.25, -0.2) is 14.4 Å². The summed E-state index contributed by atoms with van der Waals surface area (Å²) in [6, 6.07) is 12.5. The van der Waals surface area contributed by atoms with E-state index in [0.717, 1.165) is 53.5 Å². The number of benzene rings is 2. The van der Waals surface area contributed by atoms with Crippen LogP contribution in [0.2, 0.25) is 0 Å². The summed E-state index contributed by atoms with van der Waals surface area (Å²) < 4.78 is 15.6. The number of hydrogen-bond donors (Lipinski definition) is 0. The summed E-state index contributed by atoms with van der Waals surface area (Å²) >= 11 is 0. The number of aryl methyl sites for hydroxylation is 2. The standard InChI is InChI=1S/C28H28FN5O/c1-18-13-21(5-10-25(18)33-15-19(2)30-17-33)14-24-27(35)34-26(22-6-8-23(29)9-7-22)11-12-32(28(34)31-24)16-20-3-4-20/h5-10,13-15,17,20,26H,3-4,11-12,16H2,1-2H3/b24-14-/t26-/m1/s1. The molecule has 1 saturated heterocycles. The second-order valence-corrected chi connectivity index (χ2v) is 9.83. The van der Waals surface area contributed by atoms with Crippen LogP contribution < -0.4 is 0 Å². The lowest BCUT2D eigenvalue weighted by molar-refractivity contribution is -0.125. The largest absolute Gasteiger partial charge is 0.342 e. The Hall–Kier alpha value is -3.74. The van der Waals surface area contributed by atoms with Crippen molar-refractivity contribution in [1.29, 1.82) is 0 Å². The Labute approximate surface area is 204 Å². The number of nitrogens with zero attached hydrogens (tertiary/aromatic N) is 5. The molecule has 0 N–H and O–H groups in total. The summed E-state index contributed by atoms with van der Waals surface area (Å²) in [6.45, 7) is 5.80. The molecule has 35 heavy (non-hydrogen) atoms. The van der Waals surface area contributed by atoms with E-state index < -0.39 is 0 Å². The van der Waals surface area contributed by atoms with Crippen molar-refractivity contribution >= 4 is 17.9 Å². The molecule has 6 rings (SSSR count). The van der Waals surface area contributed by atoms with Crippen molar-refractivity contribution in [3.8, 4) is 5.69 Å². The average Bonchev–Trinajstić information content (AvgIpc) is 3.47. The van der Waals surface area contributed by atoms with Gasteiger partial charge in [-0.1, -0.05) is 18.2 Å². The van der Waals surface area contributed by atoms with Crippen molar-refractivity contribution in [2.45, 2.75) is 39.2 Å². The van der Waals surface area contributed by atoms with Gasteiger partial charge in [0.25, 0.3) is 5.91 Å². The zero-order valence-electron chi connectivity index (χ0n) is 20.0. The van der Waals surface area contributed by atoms with Gasteiger partial charge in [0.1, 0.15) is 11.5 Å². The van der Waals surface area contributed by atoms with E-state index >= 15 is 0 Å². The third-order valence-electron chi connectivity index (χ3n) is 7.09. The van der Waals surface area contributed by atoms with Gasteiger partial charge in [-0.05, 0) is 86.1 Å². The number of carbonyl (C=O) groups is 1. The third-order valence-corrected chi connectivity index (χ3v) is 7.09. The number of halogens is 1. The topological polar surface area (TPSA) is 53.7 Å². The summed E-state index contributed by atoms with van der Waals surface area (Å²) in [4.78, 5) is 26.9. The maximum absolute atomic E-state index is 13.6. The van der Waals surface area contributed by atoms with Gasteiger partial charge >= 0.3 is 0 Å². The van der Waals surface area contributed by atoms with Crippen LogP contribution in [0.5, 0.6) is 0 Å². The highest BCUT2D eigenvalue weighted by molar-refractivity contribution is 6.14. The fourth-order valence-corrected chi connectivity index (χ4v) is 5.08. The van der Waals surface area contributed by atoms with Crippen molar-refractivity contribution in [2.75, 3.05) is 13.1 Å². The van der Waals surface area contributed by atoms with E-state index in [4.69, 9.17) is 4.99 Å². The van der Waals surface area contributed by atoms with Gasteiger partial charge in [0, 0.05) is 25.0 Å². The van der Waals surface area contributed by atoms with Crippen LogP contribution >= 0.6 is 0 Å². The highest BCUT2D eigenvalue weighted by Crippen LogP contribution is 2.38. The van der Waals surface area contributed by atoms with Crippen LogP contribution in [0, 0.1) is 25.6 Å². The van der Waals surface area contributed by atoms with E-state index in [9.17, 15) is 9.18 Å². The molecule has 7 heteroatoms. The first-order valence-corrected chi connectivity index (χ1v) is 12.2. The van der Waals surface area contributed by atoms with Crippen LogP contribution in [-0.4, -0.2) is 44.3 Å². The van der Waals surface area contributed by atoms with E-state index in [1.165, 1.54) is 25.0 Å². The minimum atomic E-state index is -0.271. The van der Waals surface area contributed by atoms with Crippen LogP contribution in [-0.2, 0) is 4.79 Å². The van der Waals surface area contributed by atoms with E-state index in [0.29, 0.717) is 11.6 Å². The van der Waals surface area contributed by atoms with E-state index in [-0.39, 0.29) is 17.8 Å². The van der Waals surface area contributed by atoms with Crippen LogP contribution in [0.4, 0.5) is 4.39 Å². The average molecular weight is 470 g/mol. The molecule has 2 aromatic carbocycles. The molecule has 0 radical (unpaired) electrons. The lowest BCUT2D eigenvalue weighted by atomic mass is 9.99. The van der Waals surface area contributed by atoms with Gasteiger partial charge in [0.15, 0.2) is 0 Å². The SMILES string of the molecule is Cc1cn(-c2ccc(/C=C3\N=C4N(CC5CC5)CC[C@H](c5ccc(F)cc5)N4C3=O)cc2C)cn1. The number of aromatic nitrogens is 2. The quantitative estimate of drug-likeness (QED) is 0.493. The number of guanidine groups is 1. The highest BCUT2D eigenvalue weighted by Gasteiger charge is 2.43. The molecule has 2 fully saturated rings. The monoisotopic (exact) mass is 469 g/mol. The van der Waals surface area contributed by atoms with Crippen molar-refractivity contribution in [3.05, 3.63) is 88.9 Å². The molecule has 178 valence electrons. The first-order valence-electron chi connectivity index (χ1n) is 12.2. The first kappa shape index (κ1) is 21.8. The van der Waals surface area contributed by atoms with Crippen LogP contribution in [0.25, 0.3) is 11.8 Å². The maximum atomic E-state index is 13.6. The van der Waals surface area contributed by atoms with E-state index in [1.807, 2.05) is 47.1 Å². The molecular formula is C28H28FN5O. The van der Waals surface area contributed by atoms with Gasteiger partial charge < -0.3 is 9.47 Å². The zero-order chi connectivity index (χ0) is 24.1.